The Morgan fingerprint density at radius 2 is 2.48 bits per heavy atom. The molecule has 0 saturated carbocycles. The van der Waals surface area contributed by atoms with Crippen molar-refractivity contribution < 1.29 is 14.6 Å². The number of hydrogen-bond donors (Lipinski definition) is 2. The Labute approximate surface area is 132 Å². The van der Waals surface area contributed by atoms with Gasteiger partial charge >= 0.3 is 0 Å². The van der Waals surface area contributed by atoms with Gasteiger partial charge in [-0.3, -0.25) is 0 Å². The first kappa shape index (κ1) is 14.5. The van der Waals surface area contributed by atoms with E-state index in [4.69, 9.17) is 9.47 Å². The van der Waals surface area contributed by atoms with Gasteiger partial charge in [-0.15, -0.1) is 6.58 Å². The Kier molecular flexibility index (Phi) is 3.95. The lowest BCUT2D eigenvalue weighted by Gasteiger charge is -2.15. The zero-order valence-corrected chi connectivity index (χ0v) is 13.4. The second-order valence-electron chi connectivity index (χ2n) is 5.19. The van der Waals surface area contributed by atoms with Crippen molar-refractivity contribution in [1.29, 1.82) is 0 Å². The molecule has 4 nitrogen and oxygen atoms in total. The third-order valence-electron chi connectivity index (χ3n) is 3.92. The lowest BCUT2D eigenvalue weighted by molar-refractivity contribution is 0.155. The van der Waals surface area contributed by atoms with E-state index in [1.54, 1.807) is 7.11 Å². The smallest absolute Gasteiger partial charge is 0.170 e. The normalized spacial score (nSPS) is 20.5. The highest BCUT2D eigenvalue weighted by Gasteiger charge is 2.36. The minimum Gasteiger partial charge on any atom is -0.493 e. The Morgan fingerprint density at radius 3 is 3.19 bits per heavy atom. The monoisotopic (exact) mass is 351 g/mol. The molecule has 112 valence electrons. The summed E-state index contributed by atoms with van der Waals surface area (Å²) in [7, 11) is 1.64. The molecule has 0 spiro atoms. The number of methoxy groups -OCH3 is 1. The second-order valence-corrected chi connectivity index (χ2v) is 6.05. The van der Waals surface area contributed by atoms with E-state index in [0.717, 1.165) is 34.3 Å². The predicted octanol–water partition coefficient (Wildman–Crippen LogP) is 2.64. The molecular weight excluding hydrogens is 334 g/mol. The minimum atomic E-state index is -0.591. The van der Waals surface area contributed by atoms with Gasteiger partial charge in [0.25, 0.3) is 0 Å². The molecule has 0 radical (unpaired) electrons. The van der Waals surface area contributed by atoms with Gasteiger partial charge in [0.1, 0.15) is 6.10 Å². The van der Waals surface area contributed by atoms with E-state index in [2.05, 4.69) is 27.8 Å². The van der Waals surface area contributed by atoms with E-state index >= 15 is 0 Å². The molecule has 21 heavy (non-hydrogen) atoms. The van der Waals surface area contributed by atoms with Crippen LogP contribution in [0, 0.1) is 0 Å². The van der Waals surface area contributed by atoms with Crippen molar-refractivity contribution in [3.63, 3.8) is 0 Å². The Morgan fingerprint density at radius 1 is 1.67 bits per heavy atom. The molecule has 5 heteroatoms. The summed E-state index contributed by atoms with van der Waals surface area (Å²) >= 11 is 3.63. The number of hydrogen-bond acceptors (Lipinski definition) is 4. The van der Waals surface area contributed by atoms with Crippen LogP contribution in [0.5, 0.6) is 11.5 Å². The molecule has 2 N–H and O–H groups in total. The summed E-state index contributed by atoms with van der Waals surface area (Å²) in [4.78, 5) is 0. The van der Waals surface area contributed by atoms with E-state index in [-0.39, 0.29) is 6.10 Å². The molecule has 0 fully saturated rings. The molecule has 0 aromatic heterocycles. The van der Waals surface area contributed by atoms with Crippen molar-refractivity contribution in [2.75, 3.05) is 13.7 Å². The summed E-state index contributed by atoms with van der Waals surface area (Å²) < 4.78 is 12.5. The molecule has 1 aromatic carbocycles. The van der Waals surface area contributed by atoms with Crippen LogP contribution in [0.3, 0.4) is 0 Å². The van der Waals surface area contributed by atoms with Crippen LogP contribution < -0.4 is 14.8 Å². The summed E-state index contributed by atoms with van der Waals surface area (Å²) in [5.74, 6) is 1.48. The predicted molar refractivity (Wildman–Crippen MR) is 85.6 cm³/mol. The number of halogens is 1. The molecular formula is C16H18BrNO3. The van der Waals surface area contributed by atoms with Gasteiger partial charge in [-0.2, -0.15) is 0 Å². The van der Waals surface area contributed by atoms with Gasteiger partial charge in [-0.05, 0) is 18.1 Å². The van der Waals surface area contributed by atoms with Crippen molar-refractivity contribution >= 4 is 21.5 Å². The third-order valence-corrected chi connectivity index (χ3v) is 4.63. The molecule has 0 aliphatic carbocycles. The zero-order valence-electron chi connectivity index (χ0n) is 11.9. The minimum absolute atomic E-state index is 0.194. The molecule has 2 aliphatic rings. The number of nitrogens with one attached hydrogen (secondary N) is 1. The first-order chi connectivity index (χ1) is 10.2. The van der Waals surface area contributed by atoms with Gasteiger partial charge in [0.2, 0.25) is 0 Å². The zero-order chi connectivity index (χ0) is 15.0. The summed E-state index contributed by atoms with van der Waals surface area (Å²) in [5.41, 5.74) is 3.38. The van der Waals surface area contributed by atoms with Crippen molar-refractivity contribution in [1.82, 2.24) is 5.32 Å². The number of aliphatic hydroxyl groups excluding tert-OH is 1. The Balaban J connectivity index is 2.10. The quantitative estimate of drug-likeness (QED) is 0.818. The van der Waals surface area contributed by atoms with Crippen LogP contribution in [0.25, 0.3) is 5.57 Å². The highest BCUT2D eigenvalue weighted by atomic mass is 79.9. The van der Waals surface area contributed by atoms with E-state index in [1.807, 2.05) is 12.3 Å². The fraction of sp³-hybridized carbons (Fsp3) is 0.375. The fourth-order valence-electron chi connectivity index (χ4n) is 2.87. The largest absolute Gasteiger partial charge is 0.493 e. The number of aliphatic hydroxyl groups is 1. The summed E-state index contributed by atoms with van der Waals surface area (Å²) in [5, 5.41) is 13.2. The molecule has 2 aliphatic heterocycles. The van der Waals surface area contributed by atoms with Crippen LogP contribution in [-0.2, 0) is 6.42 Å². The van der Waals surface area contributed by atoms with Gasteiger partial charge in [-0.25, -0.2) is 0 Å². The van der Waals surface area contributed by atoms with E-state index in [0.29, 0.717) is 12.2 Å². The highest BCUT2D eigenvalue weighted by molar-refractivity contribution is 9.10. The Hall–Kier alpha value is -1.46. The van der Waals surface area contributed by atoms with E-state index < -0.39 is 6.10 Å². The molecule has 1 aromatic rings. The SMILES string of the molecule is C=C[C@H](O)CC1Oc2c(OC)cc(Br)c3c2C1=CNCC3. The van der Waals surface area contributed by atoms with Crippen LogP contribution in [0.15, 0.2) is 29.4 Å². The standard InChI is InChI=1S/C16H18BrNO3/c1-3-9(19)6-13-11-8-18-5-4-10-12(17)7-14(20-2)16(21-13)15(10)11/h3,7-9,13,18-19H,1,4-6H2,2H3/t9-,13?/m0/s1. The van der Waals surface area contributed by atoms with Crippen molar-refractivity contribution in [3.8, 4) is 11.5 Å². The molecule has 2 heterocycles. The topological polar surface area (TPSA) is 50.7 Å². The highest BCUT2D eigenvalue weighted by Crippen LogP contribution is 2.49. The molecule has 3 rings (SSSR count). The molecule has 1 unspecified atom stereocenters. The van der Waals surface area contributed by atoms with E-state index in [9.17, 15) is 5.11 Å². The summed E-state index contributed by atoms with van der Waals surface area (Å²) in [6, 6.07) is 1.95. The van der Waals surface area contributed by atoms with Gasteiger partial charge in [0, 0.05) is 34.8 Å². The average Bonchev–Trinajstić information content (AvgIpc) is 2.69. The number of rotatable bonds is 4. The van der Waals surface area contributed by atoms with Crippen LogP contribution in [0.1, 0.15) is 17.5 Å². The molecule has 0 bridgehead atoms. The van der Waals surface area contributed by atoms with Crippen LogP contribution in [0.2, 0.25) is 0 Å². The second kappa shape index (κ2) is 5.73. The number of benzene rings is 1. The Bertz CT molecular complexity index is 612. The van der Waals surface area contributed by atoms with Gasteiger partial charge in [-0.1, -0.05) is 22.0 Å². The number of ether oxygens (including phenoxy) is 2. The average molecular weight is 352 g/mol. The first-order valence-electron chi connectivity index (χ1n) is 6.96. The first-order valence-corrected chi connectivity index (χ1v) is 7.75. The van der Waals surface area contributed by atoms with Crippen LogP contribution in [0.4, 0.5) is 0 Å². The summed E-state index contributed by atoms with van der Waals surface area (Å²) in [6.45, 7) is 4.50. The lowest BCUT2D eigenvalue weighted by Crippen LogP contribution is -2.20. The maximum absolute atomic E-state index is 9.86. The van der Waals surface area contributed by atoms with Gasteiger partial charge < -0.3 is 19.9 Å². The van der Waals surface area contributed by atoms with E-state index in [1.165, 1.54) is 11.6 Å². The molecule has 2 atom stereocenters. The van der Waals surface area contributed by atoms with Crippen molar-refractivity contribution in [3.05, 3.63) is 40.5 Å². The van der Waals surface area contributed by atoms with Crippen LogP contribution >= 0.6 is 15.9 Å². The summed E-state index contributed by atoms with van der Waals surface area (Å²) in [6.07, 6.45) is 4.13. The third kappa shape index (κ3) is 2.45. The maximum Gasteiger partial charge on any atom is 0.170 e. The molecule has 0 amide bonds. The fourth-order valence-corrected chi connectivity index (χ4v) is 3.47. The maximum atomic E-state index is 9.86. The van der Waals surface area contributed by atoms with Crippen LogP contribution in [-0.4, -0.2) is 31.0 Å². The van der Waals surface area contributed by atoms with Crippen molar-refractivity contribution in [2.24, 2.45) is 0 Å². The molecule has 0 saturated heterocycles. The lowest BCUT2D eigenvalue weighted by atomic mass is 9.94. The van der Waals surface area contributed by atoms with Gasteiger partial charge in [0.05, 0.1) is 13.2 Å². The van der Waals surface area contributed by atoms with Gasteiger partial charge in [0.15, 0.2) is 11.5 Å². The van der Waals surface area contributed by atoms with Crippen molar-refractivity contribution in [2.45, 2.75) is 25.0 Å².